The van der Waals surface area contributed by atoms with Gasteiger partial charge in [-0.3, -0.25) is 9.36 Å². The molecule has 0 saturated carbocycles. The summed E-state index contributed by atoms with van der Waals surface area (Å²) in [6, 6.07) is 9.72. The van der Waals surface area contributed by atoms with Gasteiger partial charge in [0.2, 0.25) is 0 Å². The summed E-state index contributed by atoms with van der Waals surface area (Å²) in [6.45, 7) is 2.00. The van der Waals surface area contributed by atoms with E-state index in [9.17, 15) is 4.79 Å². The van der Waals surface area contributed by atoms with Crippen LogP contribution < -0.4 is 10.5 Å². The number of para-hydroxylation sites is 1. The van der Waals surface area contributed by atoms with Crippen molar-refractivity contribution < 1.29 is 14.4 Å². The maximum atomic E-state index is 13.6. The highest BCUT2D eigenvalue weighted by Crippen LogP contribution is 2.31. The van der Waals surface area contributed by atoms with Crippen LogP contribution in [0.3, 0.4) is 0 Å². The second kappa shape index (κ2) is 8.34. The first-order valence-electron chi connectivity index (χ1n) is 9.24. The molecule has 2 aromatic heterocycles. The smallest absolute Gasteiger partial charge is 0.267 e. The van der Waals surface area contributed by atoms with Gasteiger partial charge in [-0.1, -0.05) is 30.0 Å². The van der Waals surface area contributed by atoms with Crippen molar-refractivity contribution in [1.82, 2.24) is 9.55 Å². The van der Waals surface area contributed by atoms with Gasteiger partial charge in [0, 0.05) is 20.6 Å². The van der Waals surface area contributed by atoms with Crippen molar-refractivity contribution in [3.05, 3.63) is 51.1 Å². The van der Waals surface area contributed by atoms with Crippen molar-refractivity contribution in [1.29, 1.82) is 0 Å². The second-order valence-corrected chi connectivity index (χ2v) is 8.97. The van der Waals surface area contributed by atoms with E-state index in [0.29, 0.717) is 10.9 Å². The molecule has 0 aliphatic carbocycles. The normalized spacial score (nSPS) is 16.6. The molecule has 0 amide bonds. The number of benzene rings is 1. The Hall–Kier alpha value is -1.71. The minimum Gasteiger partial charge on any atom is -0.355 e. The average molecular weight is 419 g/mol. The molecular formula is C20H24N3O3S2+. The summed E-state index contributed by atoms with van der Waals surface area (Å²) in [5.41, 5.74) is 2.03. The van der Waals surface area contributed by atoms with Crippen molar-refractivity contribution in [2.24, 2.45) is 0 Å². The minimum atomic E-state index is -0.351. The van der Waals surface area contributed by atoms with Gasteiger partial charge in [0.25, 0.3) is 5.56 Å². The number of fused-ring (bicyclic) bond motifs is 3. The largest absolute Gasteiger partial charge is 0.355 e. The van der Waals surface area contributed by atoms with Gasteiger partial charge in [-0.25, -0.2) is 4.98 Å². The Morgan fingerprint density at radius 1 is 1.29 bits per heavy atom. The van der Waals surface area contributed by atoms with E-state index >= 15 is 0 Å². The molecule has 148 valence electrons. The van der Waals surface area contributed by atoms with Crippen LogP contribution in [0.1, 0.15) is 10.4 Å². The standard InChI is InChI=1S/C20H23N3O3S2/c1-22-10-9-14-15(11-22)28-18-17(14)19(24)23(13-7-5-4-6-8-13)20(21-18)27-12-16(25-2)26-3/h4-8,16H,9-12H2,1-3H3/p+1. The molecular weight excluding hydrogens is 394 g/mol. The molecule has 3 heterocycles. The van der Waals surface area contributed by atoms with Gasteiger partial charge >= 0.3 is 0 Å². The Balaban J connectivity index is 1.88. The molecule has 0 radical (unpaired) electrons. The van der Waals surface area contributed by atoms with Gasteiger partial charge in [-0.15, -0.1) is 11.3 Å². The highest BCUT2D eigenvalue weighted by atomic mass is 32.2. The summed E-state index contributed by atoms with van der Waals surface area (Å²) >= 11 is 3.14. The third kappa shape index (κ3) is 3.62. The summed E-state index contributed by atoms with van der Waals surface area (Å²) in [7, 11) is 5.42. The molecule has 1 aliphatic rings. The van der Waals surface area contributed by atoms with Gasteiger partial charge in [0.15, 0.2) is 11.4 Å². The van der Waals surface area contributed by atoms with Gasteiger partial charge in [0.05, 0.1) is 35.3 Å². The number of aromatic nitrogens is 2. The highest BCUT2D eigenvalue weighted by molar-refractivity contribution is 7.99. The lowest BCUT2D eigenvalue weighted by atomic mass is 10.1. The molecule has 4 rings (SSSR count). The number of likely N-dealkylation sites (N-methyl/N-ethyl adjacent to an activating group) is 1. The zero-order valence-corrected chi connectivity index (χ0v) is 17.9. The summed E-state index contributed by atoms with van der Waals surface area (Å²) in [5, 5.41) is 1.46. The van der Waals surface area contributed by atoms with Crippen LogP contribution in [0, 0.1) is 0 Å². The summed E-state index contributed by atoms with van der Waals surface area (Å²) in [4.78, 5) is 22.1. The first-order valence-corrected chi connectivity index (χ1v) is 11.0. The second-order valence-electron chi connectivity index (χ2n) is 6.90. The zero-order chi connectivity index (χ0) is 19.7. The molecule has 1 atom stereocenters. The molecule has 0 saturated heterocycles. The van der Waals surface area contributed by atoms with Crippen LogP contribution in [-0.4, -0.2) is 49.4 Å². The molecule has 3 aromatic rings. The number of nitrogens with one attached hydrogen (secondary N) is 1. The first kappa shape index (κ1) is 19.6. The van der Waals surface area contributed by atoms with Crippen LogP contribution in [0.15, 0.2) is 40.3 Å². The minimum absolute atomic E-state index is 0.0159. The fourth-order valence-electron chi connectivity index (χ4n) is 3.52. The van der Waals surface area contributed by atoms with E-state index in [4.69, 9.17) is 14.5 Å². The molecule has 6 nitrogen and oxygen atoms in total. The molecule has 8 heteroatoms. The van der Waals surface area contributed by atoms with Crippen LogP contribution >= 0.6 is 23.1 Å². The van der Waals surface area contributed by atoms with Gasteiger partial charge in [-0.2, -0.15) is 0 Å². The number of rotatable bonds is 6. The van der Waals surface area contributed by atoms with Crippen LogP contribution in [0.2, 0.25) is 0 Å². The average Bonchev–Trinajstić information content (AvgIpc) is 3.07. The van der Waals surface area contributed by atoms with E-state index in [1.807, 2.05) is 30.3 Å². The zero-order valence-electron chi connectivity index (χ0n) is 16.2. The van der Waals surface area contributed by atoms with E-state index < -0.39 is 0 Å². The molecule has 0 bridgehead atoms. The predicted molar refractivity (Wildman–Crippen MR) is 113 cm³/mol. The Labute approximate surface area is 172 Å². The van der Waals surface area contributed by atoms with E-state index in [1.54, 1.807) is 30.1 Å². The number of hydrogen-bond acceptors (Lipinski definition) is 6. The van der Waals surface area contributed by atoms with E-state index in [2.05, 4.69) is 7.05 Å². The number of thioether (sulfide) groups is 1. The third-order valence-electron chi connectivity index (χ3n) is 5.03. The van der Waals surface area contributed by atoms with Crippen molar-refractivity contribution in [2.45, 2.75) is 24.4 Å². The van der Waals surface area contributed by atoms with Crippen molar-refractivity contribution in [3.8, 4) is 5.69 Å². The topological polar surface area (TPSA) is 57.8 Å². The van der Waals surface area contributed by atoms with E-state index in [-0.39, 0.29) is 11.8 Å². The van der Waals surface area contributed by atoms with Crippen molar-refractivity contribution >= 4 is 33.3 Å². The Morgan fingerprint density at radius 3 is 2.75 bits per heavy atom. The Bertz CT molecular complexity index is 1030. The van der Waals surface area contributed by atoms with Gasteiger partial charge in [-0.05, 0) is 17.7 Å². The molecule has 28 heavy (non-hydrogen) atoms. The molecule has 1 aromatic carbocycles. The Morgan fingerprint density at radius 2 is 2.04 bits per heavy atom. The van der Waals surface area contributed by atoms with E-state index in [0.717, 1.165) is 35.4 Å². The molecule has 1 N–H and O–H groups in total. The SMILES string of the molecule is COC(CSc1nc2sc3c(c2c(=O)n1-c1ccccc1)CC[NH+](C)C3)OC. The van der Waals surface area contributed by atoms with Crippen LogP contribution in [0.5, 0.6) is 0 Å². The number of thiophene rings is 1. The number of hydrogen-bond donors (Lipinski definition) is 1. The lowest BCUT2D eigenvalue weighted by Gasteiger charge is -2.19. The maximum absolute atomic E-state index is 13.6. The molecule has 0 fully saturated rings. The Kier molecular flexibility index (Phi) is 5.84. The fraction of sp³-hybridized carbons (Fsp3) is 0.400. The quantitative estimate of drug-likeness (QED) is 0.375. The predicted octanol–water partition coefficient (Wildman–Crippen LogP) is 1.73. The monoisotopic (exact) mass is 418 g/mol. The highest BCUT2D eigenvalue weighted by Gasteiger charge is 2.26. The lowest BCUT2D eigenvalue weighted by molar-refractivity contribution is -0.895. The summed E-state index contributed by atoms with van der Waals surface area (Å²) in [5.74, 6) is 0.551. The lowest BCUT2D eigenvalue weighted by Crippen LogP contribution is -3.08. The first-order chi connectivity index (χ1) is 13.6. The summed E-state index contributed by atoms with van der Waals surface area (Å²) < 4.78 is 12.3. The molecule has 1 unspecified atom stereocenters. The fourth-order valence-corrected chi connectivity index (χ4v) is 5.93. The third-order valence-corrected chi connectivity index (χ3v) is 7.13. The summed E-state index contributed by atoms with van der Waals surface area (Å²) in [6.07, 6.45) is 0.574. The van der Waals surface area contributed by atoms with Crippen LogP contribution in [0.25, 0.3) is 15.9 Å². The van der Waals surface area contributed by atoms with Crippen molar-refractivity contribution in [2.75, 3.05) is 33.6 Å². The number of ether oxygens (including phenoxy) is 2. The number of nitrogens with zero attached hydrogens (tertiary/aromatic N) is 2. The van der Waals surface area contributed by atoms with Crippen molar-refractivity contribution in [3.63, 3.8) is 0 Å². The number of methoxy groups -OCH3 is 2. The maximum Gasteiger partial charge on any atom is 0.267 e. The van der Waals surface area contributed by atoms with E-state index in [1.165, 1.54) is 27.1 Å². The molecule has 1 aliphatic heterocycles. The van der Waals surface area contributed by atoms with Crippen LogP contribution in [-0.2, 0) is 22.4 Å². The molecule has 0 spiro atoms. The van der Waals surface area contributed by atoms with Gasteiger partial charge < -0.3 is 14.4 Å². The van der Waals surface area contributed by atoms with Gasteiger partial charge in [0.1, 0.15) is 11.4 Å². The van der Waals surface area contributed by atoms with Crippen LogP contribution in [0.4, 0.5) is 0 Å². The number of quaternary nitrogens is 1.